The van der Waals surface area contributed by atoms with E-state index in [-0.39, 0.29) is 11.8 Å². The Bertz CT molecular complexity index is 2060. The van der Waals surface area contributed by atoms with Gasteiger partial charge in [-0.1, -0.05) is 60.7 Å². The molecule has 0 saturated heterocycles. The first-order chi connectivity index (χ1) is 27.5. The van der Waals surface area contributed by atoms with Gasteiger partial charge in [0.25, 0.3) is 0 Å². The van der Waals surface area contributed by atoms with Crippen LogP contribution in [0.2, 0.25) is 0 Å². The van der Waals surface area contributed by atoms with Crippen LogP contribution in [0, 0.1) is 46.3 Å². The molecule has 4 heteroatoms. The Morgan fingerprint density at radius 2 is 0.554 bits per heavy atom. The summed E-state index contributed by atoms with van der Waals surface area (Å²) >= 11 is 0. The van der Waals surface area contributed by atoms with Crippen LogP contribution in [-0.4, -0.2) is 19.9 Å². The van der Waals surface area contributed by atoms with Gasteiger partial charge in [0, 0.05) is 57.4 Å². The molecule has 2 aromatic carbocycles. The minimum absolute atomic E-state index is 0.112. The van der Waals surface area contributed by atoms with Crippen molar-refractivity contribution in [3.8, 4) is 0 Å². The SMILES string of the molecule is c1ccc(C2c3ccc([nH]3)C(C34CC5CC(CC(C5)C3)C4)c3ccc([nH]3)C(c3ccccc3)c3ccc([nH]3)C(C34CC5CC(CC(C5)C3)C4)c3ccc2[nH]3)cc1. The molecule has 0 atom stereocenters. The van der Waals surface area contributed by atoms with Crippen LogP contribution in [0.4, 0.5) is 0 Å². The molecule has 4 N–H and O–H groups in total. The zero-order valence-corrected chi connectivity index (χ0v) is 32.7. The van der Waals surface area contributed by atoms with E-state index in [1.54, 1.807) is 0 Å². The molecule has 9 aliphatic rings. The van der Waals surface area contributed by atoms with Crippen molar-refractivity contribution < 1.29 is 0 Å². The van der Waals surface area contributed by atoms with Crippen LogP contribution >= 0.6 is 0 Å². The quantitative estimate of drug-likeness (QED) is 0.139. The third kappa shape index (κ3) is 4.96. The number of aromatic nitrogens is 4. The van der Waals surface area contributed by atoms with E-state index in [9.17, 15) is 0 Å². The molecule has 0 unspecified atom stereocenters. The summed E-state index contributed by atoms with van der Waals surface area (Å²) in [5, 5.41) is 0. The van der Waals surface area contributed by atoms with Crippen molar-refractivity contribution in [1.82, 2.24) is 19.9 Å². The number of hydrogen-bond donors (Lipinski definition) is 4. The predicted molar refractivity (Wildman–Crippen MR) is 223 cm³/mol. The first-order valence-corrected chi connectivity index (χ1v) is 22.4. The van der Waals surface area contributed by atoms with Crippen molar-refractivity contribution in [2.75, 3.05) is 0 Å². The van der Waals surface area contributed by atoms with Crippen LogP contribution in [0.5, 0.6) is 0 Å². The van der Waals surface area contributed by atoms with E-state index in [0.717, 1.165) is 35.5 Å². The number of nitrogens with one attached hydrogen (secondary N) is 4. The van der Waals surface area contributed by atoms with Gasteiger partial charge in [-0.15, -0.1) is 0 Å². The fourth-order valence-electron chi connectivity index (χ4n) is 16.1. The van der Waals surface area contributed by atoms with Crippen molar-refractivity contribution in [2.45, 2.75) is 101 Å². The molecular formula is C52H56N4. The second-order valence-corrected chi connectivity index (χ2v) is 20.6. The van der Waals surface area contributed by atoms with Gasteiger partial charge in [-0.2, -0.15) is 0 Å². The van der Waals surface area contributed by atoms with E-state index in [4.69, 9.17) is 0 Å². The lowest BCUT2D eigenvalue weighted by Gasteiger charge is -2.59. The molecule has 284 valence electrons. The molecule has 8 saturated carbocycles. The highest BCUT2D eigenvalue weighted by atomic mass is 14.9. The summed E-state index contributed by atoms with van der Waals surface area (Å²) in [7, 11) is 0. The van der Waals surface area contributed by atoms with Crippen LogP contribution < -0.4 is 0 Å². The molecule has 56 heavy (non-hydrogen) atoms. The van der Waals surface area contributed by atoms with Crippen LogP contribution in [0.25, 0.3) is 0 Å². The van der Waals surface area contributed by atoms with Crippen molar-refractivity contribution in [2.24, 2.45) is 46.3 Å². The molecule has 15 rings (SSSR count). The number of fused-ring (bicyclic) bond motifs is 8. The largest absolute Gasteiger partial charge is 0.361 e. The molecule has 4 aromatic heterocycles. The fraction of sp³-hybridized carbons (Fsp3) is 0.462. The van der Waals surface area contributed by atoms with Gasteiger partial charge in [0.05, 0.1) is 11.8 Å². The Kier molecular flexibility index (Phi) is 7.01. The molecule has 6 aromatic rings. The lowest BCUT2D eigenvalue weighted by molar-refractivity contribution is -0.0630. The molecule has 0 amide bonds. The molecule has 8 aliphatic carbocycles. The number of H-pyrrole nitrogens is 4. The van der Waals surface area contributed by atoms with Crippen LogP contribution in [0.15, 0.2) is 109 Å². The highest BCUT2D eigenvalue weighted by Gasteiger charge is 2.57. The van der Waals surface area contributed by atoms with Gasteiger partial charge in [-0.3, -0.25) is 0 Å². The maximum atomic E-state index is 4.23. The summed E-state index contributed by atoms with van der Waals surface area (Å²) in [4.78, 5) is 16.9. The highest BCUT2D eigenvalue weighted by Crippen LogP contribution is 2.67. The summed E-state index contributed by atoms with van der Waals surface area (Å²) < 4.78 is 0. The van der Waals surface area contributed by atoms with Crippen molar-refractivity contribution >= 4 is 0 Å². The van der Waals surface area contributed by atoms with E-state index in [0.29, 0.717) is 22.7 Å². The van der Waals surface area contributed by atoms with Gasteiger partial charge in [0.15, 0.2) is 0 Å². The summed E-state index contributed by atoms with van der Waals surface area (Å²) in [5.74, 6) is 6.17. The standard InChI is InChI=1S/C52H56N4/c1-3-7-37(8-4-1)47-39-11-15-43(53-39)49(51-25-31-19-32(26-51)21-33(20-31)27-51)45-17-13-41(55-45)48(38-9-5-2-6-10-38)42-14-18-46(56-42)50(44-16-12-40(47)54-44)52-28-34-22-35(29-52)24-36(23-34)30-52/h1-18,31-36,47-50,53-56H,19-30H2. The second-order valence-electron chi connectivity index (χ2n) is 20.6. The minimum atomic E-state index is 0.112. The Morgan fingerprint density at radius 3 is 0.821 bits per heavy atom. The summed E-state index contributed by atoms with van der Waals surface area (Å²) in [5.41, 5.74) is 14.1. The smallest absolute Gasteiger partial charge is 0.0641 e. The molecule has 1 aliphatic heterocycles. The Balaban J connectivity index is 1.03. The van der Waals surface area contributed by atoms with Crippen molar-refractivity contribution in [3.05, 3.63) is 166 Å². The molecular weight excluding hydrogens is 681 g/mol. The van der Waals surface area contributed by atoms with Gasteiger partial charge in [0.2, 0.25) is 0 Å². The molecule has 16 bridgehead atoms. The lowest BCUT2D eigenvalue weighted by atomic mass is 9.46. The van der Waals surface area contributed by atoms with Crippen LogP contribution in [0.1, 0.15) is 157 Å². The van der Waals surface area contributed by atoms with Crippen LogP contribution in [-0.2, 0) is 0 Å². The van der Waals surface area contributed by atoms with Gasteiger partial charge in [-0.05, 0) is 183 Å². The molecule has 8 fully saturated rings. The normalized spacial score (nSPS) is 37.6. The van der Waals surface area contributed by atoms with Gasteiger partial charge < -0.3 is 19.9 Å². The number of rotatable bonds is 4. The lowest BCUT2D eigenvalue weighted by Crippen LogP contribution is -2.49. The summed E-state index contributed by atoms with van der Waals surface area (Å²) in [6.07, 6.45) is 16.9. The molecule has 5 heterocycles. The third-order valence-corrected chi connectivity index (χ3v) is 17.1. The molecule has 0 spiro atoms. The minimum Gasteiger partial charge on any atom is -0.361 e. The van der Waals surface area contributed by atoms with E-state index < -0.39 is 0 Å². The Labute approximate surface area is 331 Å². The number of hydrogen-bond acceptors (Lipinski definition) is 0. The average Bonchev–Trinajstić information content (AvgIpc) is 4.02. The zero-order chi connectivity index (χ0) is 36.6. The first kappa shape index (κ1) is 32.6. The topological polar surface area (TPSA) is 63.2 Å². The van der Waals surface area contributed by atoms with Crippen molar-refractivity contribution in [1.29, 1.82) is 0 Å². The van der Waals surface area contributed by atoms with Gasteiger partial charge >= 0.3 is 0 Å². The first-order valence-electron chi connectivity index (χ1n) is 22.4. The molecule has 4 nitrogen and oxygen atoms in total. The Hall–Kier alpha value is -4.44. The average molecular weight is 737 g/mol. The van der Waals surface area contributed by atoms with Crippen LogP contribution in [0.3, 0.4) is 0 Å². The predicted octanol–water partition coefficient (Wildman–Crippen LogP) is 12.4. The summed E-state index contributed by atoms with van der Waals surface area (Å²) in [6, 6.07) is 42.3. The maximum absolute atomic E-state index is 4.23. The third-order valence-electron chi connectivity index (χ3n) is 17.1. The highest BCUT2D eigenvalue weighted by molar-refractivity contribution is 5.46. The van der Waals surface area contributed by atoms with E-state index in [2.05, 4.69) is 129 Å². The number of aromatic amines is 4. The Morgan fingerprint density at radius 1 is 0.304 bits per heavy atom. The number of benzene rings is 2. The molecule has 0 radical (unpaired) electrons. The summed E-state index contributed by atoms with van der Waals surface area (Å²) in [6.45, 7) is 0. The fourth-order valence-corrected chi connectivity index (χ4v) is 16.1. The van der Waals surface area contributed by atoms with Gasteiger partial charge in [-0.25, -0.2) is 0 Å². The maximum Gasteiger partial charge on any atom is 0.0641 e. The van der Waals surface area contributed by atoms with E-state index in [1.165, 1.54) is 134 Å². The van der Waals surface area contributed by atoms with E-state index >= 15 is 0 Å². The monoisotopic (exact) mass is 736 g/mol. The second kappa shape index (κ2) is 12.0. The van der Waals surface area contributed by atoms with E-state index in [1.807, 2.05) is 0 Å². The zero-order valence-electron chi connectivity index (χ0n) is 32.7. The van der Waals surface area contributed by atoms with Crippen molar-refractivity contribution in [3.63, 3.8) is 0 Å². The van der Waals surface area contributed by atoms with Gasteiger partial charge in [0.1, 0.15) is 0 Å².